The lowest BCUT2D eigenvalue weighted by Crippen LogP contribution is -1.98. The number of rotatable bonds is 4. The van der Waals surface area contributed by atoms with Crippen LogP contribution in [0.25, 0.3) is 90.9 Å². The van der Waals surface area contributed by atoms with Crippen molar-refractivity contribution in [1.82, 2.24) is 19.9 Å². The summed E-state index contributed by atoms with van der Waals surface area (Å²) in [6.45, 7) is 0. The maximum absolute atomic E-state index is 15.7. The van der Waals surface area contributed by atoms with Crippen LogP contribution in [0.3, 0.4) is 0 Å². The van der Waals surface area contributed by atoms with Gasteiger partial charge in [-0.2, -0.15) is 0 Å². The topological polar surface area (TPSA) is 57.4 Å². The third kappa shape index (κ3) is 5.96. The van der Waals surface area contributed by atoms with Crippen LogP contribution in [0.2, 0.25) is 0 Å². The zero-order valence-electron chi connectivity index (χ0n) is 29.7. The minimum atomic E-state index is -1.87. The number of hydrogen-bond donors (Lipinski definition) is 2. The van der Waals surface area contributed by atoms with Crippen LogP contribution in [-0.2, 0) is 0 Å². The van der Waals surface area contributed by atoms with Crippen LogP contribution in [-0.4, -0.2) is 19.9 Å². The summed E-state index contributed by atoms with van der Waals surface area (Å²) in [7, 11) is 0. The summed E-state index contributed by atoms with van der Waals surface area (Å²) < 4.78 is 179. The average molecular weight is 831 g/mol. The van der Waals surface area contributed by atoms with Crippen LogP contribution in [0.1, 0.15) is 22.8 Å². The van der Waals surface area contributed by atoms with E-state index in [9.17, 15) is 35.1 Å². The van der Waals surface area contributed by atoms with E-state index in [1.54, 1.807) is 0 Å². The summed E-state index contributed by atoms with van der Waals surface area (Å²) in [6, 6.07) is 11.2. The Hall–Kier alpha value is -7.36. The first-order valence-corrected chi connectivity index (χ1v) is 17.4. The Labute approximate surface area is 328 Å². The largest absolute Gasteiger partial charge is 0.354 e. The molecule has 3 aromatic heterocycles. The van der Waals surface area contributed by atoms with Crippen molar-refractivity contribution >= 4 is 46.4 Å². The zero-order chi connectivity index (χ0) is 42.3. The highest BCUT2D eigenvalue weighted by atomic mass is 19.2. The minimum Gasteiger partial charge on any atom is -0.354 e. The lowest BCUT2D eigenvalue weighted by Gasteiger charge is -2.09. The molecule has 0 unspecified atom stereocenters. The first-order chi connectivity index (χ1) is 28.7. The van der Waals surface area contributed by atoms with Gasteiger partial charge in [-0.25, -0.2) is 62.7 Å². The highest BCUT2D eigenvalue weighted by Gasteiger charge is 2.26. The average Bonchev–Trinajstić information content (AvgIpc) is 4.08. The van der Waals surface area contributed by atoms with Gasteiger partial charge in [0.1, 0.15) is 0 Å². The van der Waals surface area contributed by atoms with Gasteiger partial charge in [-0.3, -0.25) is 0 Å². The molecule has 16 heteroatoms. The quantitative estimate of drug-likeness (QED) is 0.137. The van der Waals surface area contributed by atoms with Gasteiger partial charge in [0.05, 0.1) is 22.8 Å². The Morgan fingerprint density at radius 1 is 0.267 bits per heavy atom. The predicted octanol–water partition coefficient (Wildman–Crippen LogP) is 13.0. The second-order valence-electron chi connectivity index (χ2n) is 13.4. The van der Waals surface area contributed by atoms with Crippen LogP contribution in [0.5, 0.6) is 0 Å². The number of aromatic nitrogens is 4. The van der Waals surface area contributed by atoms with Gasteiger partial charge >= 0.3 is 0 Å². The van der Waals surface area contributed by atoms with Crippen molar-refractivity contribution in [2.75, 3.05) is 0 Å². The predicted molar refractivity (Wildman–Crippen MR) is 200 cm³/mol. The summed E-state index contributed by atoms with van der Waals surface area (Å²) >= 11 is 0. The van der Waals surface area contributed by atoms with Crippen LogP contribution >= 0.6 is 0 Å². The van der Waals surface area contributed by atoms with Crippen molar-refractivity contribution in [1.29, 1.82) is 0 Å². The molecule has 60 heavy (non-hydrogen) atoms. The first kappa shape index (κ1) is 38.2. The molecule has 0 saturated carbocycles. The lowest BCUT2D eigenvalue weighted by atomic mass is 10.0. The van der Waals surface area contributed by atoms with E-state index in [-0.39, 0.29) is 67.1 Å². The molecule has 2 aliphatic heterocycles. The smallest absolute Gasteiger partial charge is 0.195 e. The van der Waals surface area contributed by atoms with Gasteiger partial charge < -0.3 is 9.97 Å². The molecule has 2 aliphatic rings. The van der Waals surface area contributed by atoms with Crippen molar-refractivity contribution in [2.24, 2.45) is 0 Å². The molecule has 0 atom stereocenters. The third-order valence-electron chi connectivity index (χ3n) is 9.97. The van der Waals surface area contributed by atoms with Gasteiger partial charge in [0.15, 0.2) is 69.8 Å². The van der Waals surface area contributed by atoms with E-state index in [1.165, 1.54) is 48.6 Å². The van der Waals surface area contributed by atoms with Gasteiger partial charge in [-0.05, 0) is 97.1 Å². The monoisotopic (exact) mass is 830 g/mol. The Morgan fingerprint density at radius 3 is 0.700 bits per heavy atom. The summed E-state index contributed by atoms with van der Waals surface area (Å²) in [5.41, 5.74) is -4.60. The fraction of sp³-hybridized carbons (Fsp3) is 0. The molecule has 0 amide bonds. The van der Waals surface area contributed by atoms with E-state index in [2.05, 4.69) is 19.9 Å². The van der Waals surface area contributed by atoms with Crippen LogP contribution in [0.15, 0.2) is 72.8 Å². The maximum atomic E-state index is 15.7. The number of fused-ring (bicyclic) bond motifs is 8. The molecular formula is C44H18F12N4. The molecule has 4 aromatic carbocycles. The van der Waals surface area contributed by atoms with Crippen LogP contribution in [0.4, 0.5) is 52.7 Å². The van der Waals surface area contributed by atoms with E-state index < -0.39 is 92.1 Å². The molecule has 7 aromatic rings. The highest BCUT2D eigenvalue weighted by Crippen LogP contribution is 2.41. The number of aromatic amines is 2. The van der Waals surface area contributed by atoms with Gasteiger partial charge in [0.2, 0.25) is 0 Å². The Bertz CT molecular complexity index is 2830. The van der Waals surface area contributed by atoms with Crippen molar-refractivity contribution in [3.05, 3.63) is 165 Å². The Morgan fingerprint density at radius 2 is 0.483 bits per heavy atom. The third-order valence-corrected chi connectivity index (χ3v) is 9.97. The molecule has 9 rings (SSSR count). The van der Waals surface area contributed by atoms with Crippen molar-refractivity contribution < 1.29 is 52.7 Å². The minimum absolute atomic E-state index is 0.113. The normalized spacial score (nSPS) is 12.2. The van der Waals surface area contributed by atoms with E-state index >= 15 is 17.6 Å². The van der Waals surface area contributed by atoms with Crippen molar-refractivity contribution in [3.63, 3.8) is 0 Å². The molecule has 5 heterocycles. The summed E-state index contributed by atoms with van der Waals surface area (Å²) in [4.78, 5) is 14.9. The Balaban J connectivity index is 1.53. The molecule has 0 radical (unpaired) electrons. The first-order valence-electron chi connectivity index (χ1n) is 17.4. The summed E-state index contributed by atoms with van der Waals surface area (Å²) in [5, 5.41) is 0. The van der Waals surface area contributed by atoms with E-state index in [1.807, 2.05) is 0 Å². The number of benzene rings is 4. The Kier molecular flexibility index (Phi) is 9.02. The standard InChI is InChI=1S/C44H18F12N4/c45-21-5-1-17(37(49)41(21)53)33-25-9-11-27(57-25)34(18-2-6-22(46)42(54)38(18)50)29-13-15-31(59-29)36(20-4-8-24(48)44(56)40(20)52)32-16-14-30(60-32)35(28-12-10-26(33)58-28)19-3-7-23(47)43(55)39(19)51/h1-16,57,60H. The summed E-state index contributed by atoms with van der Waals surface area (Å²) in [6.07, 6.45) is 5.02. The number of nitrogens with one attached hydrogen (secondary N) is 2. The maximum Gasteiger partial charge on any atom is 0.195 e. The molecule has 0 saturated heterocycles. The molecule has 0 aliphatic carbocycles. The number of hydrogen-bond acceptors (Lipinski definition) is 2. The highest BCUT2D eigenvalue weighted by molar-refractivity contribution is 6.00. The second-order valence-corrected chi connectivity index (χ2v) is 13.4. The van der Waals surface area contributed by atoms with Gasteiger partial charge in [-0.15, -0.1) is 0 Å². The fourth-order valence-corrected chi connectivity index (χ4v) is 7.21. The molecule has 8 bridgehead atoms. The van der Waals surface area contributed by atoms with Crippen LogP contribution in [0, 0.1) is 69.8 Å². The van der Waals surface area contributed by atoms with Gasteiger partial charge in [0, 0.05) is 66.6 Å². The lowest BCUT2D eigenvalue weighted by molar-refractivity contribution is 0.449. The van der Waals surface area contributed by atoms with Crippen LogP contribution < -0.4 is 0 Å². The molecule has 4 nitrogen and oxygen atoms in total. The molecular weight excluding hydrogens is 812 g/mol. The number of H-pyrrole nitrogens is 2. The molecule has 0 fully saturated rings. The zero-order valence-corrected chi connectivity index (χ0v) is 29.7. The van der Waals surface area contributed by atoms with Crippen molar-refractivity contribution in [3.8, 4) is 44.5 Å². The van der Waals surface area contributed by atoms with Crippen molar-refractivity contribution in [2.45, 2.75) is 0 Å². The number of halogens is 12. The van der Waals surface area contributed by atoms with E-state index in [0.717, 1.165) is 24.3 Å². The van der Waals surface area contributed by atoms with Gasteiger partial charge in [0.25, 0.3) is 0 Å². The molecule has 2 N–H and O–H groups in total. The SMILES string of the molecule is Fc1ccc(-c2c3nc(c(-c4ccc(F)c(F)c4F)c4ccc([nH]4)c(-c4ccc(F)c(F)c4F)c4nc(c(-c5ccc(F)c(F)c5F)c5ccc2[nH]5)C=C4)C=C3)c(F)c1F. The van der Waals surface area contributed by atoms with Gasteiger partial charge in [-0.1, -0.05) is 0 Å². The molecule has 298 valence electrons. The number of nitrogens with zero attached hydrogens (tertiary/aromatic N) is 2. The van der Waals surface area contributed by atoms with E-state index in [4.69, 9.17) is 0 Å². The fourth-order valence-electron chi connectivity index (χ4n) is 7.21. The second kappa shape index (κ2) is 14.2. The summed E-state index contributed by atoms with van der Waals surface area (Å²) in [5.74, 6) is -20.3. The van der Waals surface area contributed by atoms with E-state index in [0.29, 0.717) is 24.3 Å². The molecule has 0 spiro atoms.